The monoisotopic (exact) mass is 375 g/mol. The molecule has 0 bridgehead atoms. The van der Waals surface area contributed by atoms with E-state index in [1.165, 1.54) is 16.5 Å². The molecule has 1 aromatic heterocycles. The first-order chi connectivity index (χ1) is 13.3. The maximum absolute atomic E-state index is 12.3. The molecule has 0 unspecified atom stereocenters. The molecule has 0 saturated heterocycles. The van der Waals surface area contributed by atoms with Crippen molar-refractivity contribution in [3.05, 3.63) is 64.9 Å². The average Bonchev–Trinajstić information content (AvgIpc) is 3.13. The van der Waals surface area contributed by atoms with E-state index in [0.717, 1.165) is 22.2 Å². The van der Waals surface area contributed by atoms with Crippen LogP contribution in [0.3, 0.4) is 0 Å². The number of amides is 2. The zero-order chi connectivity index (χ0) is 20.4. The number of nitrogens with one attached hydrogen (secondary N) is 2. The molecule has 3 aromatic rings. The van der Waals surface area contributed by atoms with Crippen molar-refractivity contribution in [2.24, 2.45) is 5.73 Å². The summed E-state index contributed by atoms with van der Waals surface area (Å²) in [5.41, 5.74) is 12.4. The molecule has 1 atom stereocenters. The summed E-state index contributed by atoms with van der Waals surface area (Å²) in [5, 5.41) is 3.79. The number of fused-ring (bicyclic) bond motifs is 1. The van der Waals surface area contributed by atoms with Gasteiger partial charge in [-0.15, -0.1) is 0 Å². The summed E-state index contributed by atoms with van der Waals surface area (Å²) in [5.74, 6) is -0.860. The first-order valence-electron chi connectivity index (χ1n) is 9.24. The summed E-state index contributed by atoms with van der Waals surface area (Å²) in [7, 11) is 0. The summed E-state index contributed by atoms with van der Waals surface area (Å²) in [6.45, 7) is 7.40. The van der Waals surface area contributed by atoms with Gasteiger partial charge < -0.3 is 16.0 Å². The van der Waals surface area contributed by atoms with E-state index in [9.17, 15) is 9.59 Å². The van der Waals surface area contributed by atoms with Crippen LogP contribution in [0.1, 0.15) is 30.5 Å². The number of hydrogen-bond donors (Lipinski definition) is 3. The number of primary amides is 1. The van der Waals surface area contributed by atoms with Gasteiger partial charge in [0.05, 0.1) is 0 Å². The Bertz CT molecular complexity index is 1090. The lowest BCUT2D eigenvalue weighted by atomic mass is 9.92. The molecule has 3 rings (SSSR count). The first-order valence-corrected chi connectivity index (χ1v) is 9.24. The Hall–Kier alpha value is -3.34. The Morgan fingerprint density at radius 1 is 1.11 bits per heavy atom. The number of benzene rings is 2. The highest BCUT2D eigenvalue weighted by atomic mass is 16.2. The SMILES string of the molecule is C/C(=C\c1cc(C)c(-c2cccc3[nH]ccc23)cc1C)C(=O)N[C@H](C)C(N)=O. The summed E-state index contributed by atoms with van der Waals surface area (Å²) < 4.78 is 0. The molecule has 0 aliphatic rings. The maximum Gasteiger partial charge on any atom is 0.247 e. The number of aromatic nitrogens is 1. The topological polar surface area (TPSA) is 88.0 Å². The molecule has 144 valence electrons. The summed E-state index contributed by atoms with van der Waals surface area (Å²) in [4.78, 5) is 26.7. The second-order valence-electron chi connectivity index (χ2n) is 7.19. The lowest BCUT2D eigenvalue weighted by Crippen LogP contribution is -2.42. The van der Waals surface area contributed by atoms with Crippen LogP contribution in [0.4, 0.5) is 0 Å². The second-order valence-corrected chi connectivity index (χ2v) is 7.19. The molecular weight excluding hydrogens is 350 g/mol. The van der Waals surface area contributed by atoms with Crippen molar-refractivity contribution in [1.29, 1.82) is 0 Å². The highest BCUT2D eigenvalue weighted by Gasteiger charge is 2.14. The van der Waals surface area contributed by atoms with Gasteiger partial charge in [-0.3, -0.25) is 9.59 Å². The fourth-order valence-corrected chi connectivity index (χ4v) is 3.28. The minimum atomic E-state index is -0.706. The number of rotatable bonds is 5. The van der Waals surface area contributed by atoms with Crippen LogP contribution in [0.15, 0.2) is 48.2 Å². The number of hydrogen-bond acceptors (Lipinski definition) is 2. The van der Waals surface area contributed by atoms with Crippen LogP contribution in [0.2, 0.25) is 0 Å². The zero-order valence-corrected chi connectivity index (χ0v) is 16.6. The largest absolute Gasteiger partial charge is 0.368 e. The lowest BCUT2D eigenvalue weighted by Gasteiger charge is -2.13. The molecule has 2 aromatic carbocycles. The van der Waals surface area contributed by atoms with E-state index in [0.29, 0.717) is 5.57 Å². The summed E-state index contributed by atoms with van der Waals surface area (Å²) in [6, 6.07) is 11.9. The van der Waals surface area contributed by atoms with Crippen LogP contribution in [0, 0.1) is 13.8 Å². The highest BCUT2D eigenvalue weighted by Crippen LogP contribution is 2.32. The molecule has 1 heterocycles. The molecule has 0 saturated carbocycles. The third-order valence-corrected chi connectivity index (χ3v) is 5.00. The Kier molecular flexibility index (Phi) is 5.36. The smallest absolute Gasteiger partial charge is 0.247 e. The molecule has 5 heteroatoms. The maximum atomic E-state index is 12.3. The van der Waals surface area contributed by atoms with E-state index in [1.807, 2.05) is 25.3 Å². The van der Waals surface area contributed by atoms with Crippen LogP contribution in [-0.4, -0.2) is 22.8 Å². The van der Waals surface area contributed by atoms with Crippen LogP contribution in [0.25, 0.3) is 28.1 Å². The van der Waals surface area contributed by atoms with Crippen molar-refractivity contribution in [3.63, 3.8) is 0 Å². The Morgan fingerprint density at radius 3 is 2.57 bits per heavy atom. The number of H-pyrrole nitrogens is 1. The normalized spacial score (nSPS) is 12.8. The number of carbonyl (C=O) groups is 2. The average molecular weight is 375 g/mol. The van der Waals surface area contributed by atoms with E-state index in [-0.39, 0.29) is 5.91 Å². The van der Waals surface area contributed by atoms with Gasteiger partial charge in [-0.05, 0) is 73.7 Å². The van der Waals surface area contributed by atoms with Crippen LogP contribution < -0.4 is 11.1 Å². The fourth-order valence-electron chi connectivity index (χ4n) is 3.28. The van der Waals surface area contributed by atoms with Crippen LogP contribution in [0.5, 0.6) is 0 Å². The highest BCUT2D eigenvalue weighted by molar-refractivity contribution is 6.00. The van der Waals surface area contributed by atoms with E-state index in [1.54, 1.807) is 13.8 Å². The van der Waals surface area contributed by atoms with Crippen LogP contribution in [-0.2, 0) is 9.59 Å². The quantitative estimate of drug-likeness (QED) is 0.592. The third-order valence-electron chi connectivity index (χ3n) is 5.00. The van der Waals surface area contributed by atoms with Crippen molar-refractivity contribution >= 4 is 28.8 Å². The van der Waals surface area contributed by atoms with Crippen molar-refractivity contribution in [3.8, 4) is 11.1 Å². The number of nitrogens with two attached hydrogens (primary N) is 1. The van der Waals surface area contributed by atoms with Crippen molar-refractivity contribution in [1.82, 2.24) is 10.3 Å². The van der Waals surface area contributed by atoms with Gasteiger partial charge in [-0.25, -0.2) is 0 Å². The van der Waals surface area contributed by atoms with Crippen molar-refractivity contribution in [2.75, 3.05) is 0 Å². The van der Waals surface area contributed by atoms with E-state index >= 15 is 0 Å². The molecule has 4 N–H and O–H groups in total. The number of carbonyl (C=O) groups excluding carboxylic acids is 2. The van der Waals surface area contributed by atoms with Gasteiger partial charge in [0.25, 0.3) is 0 Å². The number of aryl methyl sites for hydroxylation is 2. The Labute approximate surface area is 164 Å². The zero-order valence-electron chi connectivity index (χ0n) is 16.6. The summed E-state index contributed by atoms with van der Waals surface area (Å²) in [6.07, 6.45) is 3.79. The molecule has 0 aliphatic heterocycles. The molecule has 2 amide bonds. The lowest BCUT2D eigenvalue weighted by molar-refractivity contribution is -0.124. The molecule has 0 spiro atoms. The molecular formula is C23H25N3O2. The Morgan fingerprint density at radius 2 is 1.86 bits per heavy atom. The number of aromatic amines is 1. The van der Waals surface area contributed by atoms with Crippen LogP contribution >= 0.6 is 0 Å². The van der Waals surface area contributed by atoms with Gasteiger partial charge >= 0.3 is 0 Å². The minimum absolute atomic E-state index is 0.301. The van der Waals surface area contributed by atoms with E-state index in [2.05, 4.69) is 47.6 Å². The minimum Gasteiger partial charge on any atom is -0.368 e. The fraction of sp³-hybridized carbons (Fsp3) is 0.217. The van der Waals surface area contributed by atoms with Gasteiger partial charge in [0.15, 0.2) is 0 Å². The van der Waals surface area contributed by atoms with Gasteiger partial charge in [0.2, 0.25) is 11.8 Å². The standard InChI is InChI=1S/C23H25N3O2/c1-13-12-20(18-6-5-7-21-19(18)8-9-25-21)14(2)10-17(13)11-15(3)23(28)26-16(4)22(24)27/h5-12,16,25H,1-4H3,(H2,24,27)(H,26,28)/b15-11+/t16-/m1/s1. The first kappa shape index (κ1) is 19.4. The predicted octanol–water partition coefficient (Wildman–Crippen LogP) is 3.85. The molecule has 0 radical (unpaired) electrons. The van der Waals surface area contributed by atoms with E-state index in [4.69, 9.17) is 5.73 Å². The van der Waals surface area contributed by atoms with Gasteiger partial charge in [-0.1, -0.05) is 24.3 Å². The van der Waals surface area contributed by atoms with E-state index < -0.39 is 11.9 Å². The predicted molar refractivity (Wildman–Crippen MR) is 114 cm³/mol. The molecule has 28 heavy (non-hydrogen) atoms. The van der Waals surface area contributed by atoms with Crippen molar-refractivity contribution < 1.29 is 9.59 Å². The summed E-state index contributed by atoms with van der Waals surface area (Å²) >= 11 is 0. The molecule has 5 nitrogen and oxygen atoms in total. The van der Waals surface area contributed by atoms with Gasteiger partial charge in [-0.2, -0.15) is 0 Å². The van der Waals surface area contributed by atoms with Crippen molar-refractivity contribution in [2.45, 2.75) is 33.7 Å². The third kappa shape index (κ3) is 3.83. The van der Waals surface area contributed by atoms with Gasteiger partial charge in [0.1, 0.15) is 6.04 Å². The second kappa shape index (κ2) is 7.72. The molecule has 0 fully saturated rings. The molecule has 0 aliphatic carbocycles. The Balaban J connectivity index is 1.95. The van der Waals surface area contributed by atoms with Gasteiger partial charge in [0, 0.05) is 22.7 Å².